The standard InChI is InChI=1S/C13H16N2O3S2/c1-2-11(13-14-7-8-19-13)9-10-3-5-12(6-4-10)15-20(16,17)18/h3-8,11,15H,2,9H2,1H3,(H,16,17,18). The molecule has 2 rings (SSSR count). The molecule has 0 aliphatic heterocycles. The predicted molar refractivity (Wildman–Crippen MR) is 80.5 cm³/mol. The summed E-state index contributed by atoms with van der Waals surface area (Å²) in [5.41, 5.74) is 1.45. The highest BCUT2D eigenvalue weighted by atomic mass is 32.2. The summed E-state index contributed by atoms with van der Waals surface area (Å²) in [7, 11) is -4.21. The van der Waals surface area contributed by atoms with E-state index < -0.39 is 10.3 Å². The van der Waals surface area contributed by atoms with Crippen molar-refractivity contribution in [2.45, 2.75) is 25.7 Å². The van der Waals surface area contributed by atoms with E-state index in [9.17, 15) is 8.42 Å². The Hall–Kier alpha value is -1.44. The van der Waals surface area contributed by atoms with E-state index in [1.165, 1.54) is 0 Å². The van der Waals surface area contributed by atoms with Gasteiger partial charge in [-0.25, -0.2) is 4.98 Å². The van der Waals surface area contributed by atoms with E-state index in [2.05, 4.69) is 11.9 Å². The third-order valence-electron chi connectivity index (χ3n) is 2.98. The predicted octanol–water partition coefficient (Wildman–Crippen LogP) is 3.09. The van der Waals surface area contributed by atoms with Gasteiger partial charge in [-0.15, -0.1) is 11.3 Å². The molecule has 5 nitrogen and oxygen atoms in total. The van der Waals surface area contributed by atoms with Gasteiger partial charge in [0.25, 0.3) is 0 Å². The maximum Gasteiger partial charge on any atom is 0.357 e. The number of nitrogens with one attached hydrogen (secondary N) is 1. The zero-order valence-electron chi connectivity index (χ0n) is 11.0. The Balaban J connectivity index is 2.06. The molecule has 0 radical (unpaired) electrons. The summed E-state index contributed by atoms with van der Waals surface area (Å²) in [5, 5.41) is 3.09. The molecule has 0 saturated heterocycles. The summed E-state index contributed by atoms with van der Waals surface area (Å²) < 4.78 is 32.1. The Labute approximate surface area is 122 Å². The molecule has 0 spiro atoms. The maximum absolute atomic E-state index is 10.7. The van der Waals surface area contributed by atoms with Gasteiger partial charge in [-0.05, 0) is 30.5 Å². The molecule has 0 saturated carbocycles. The van der Waals surface area contributed by atoms with E-state index in [-0.39, 0.29) is 0 Å². The molecule has 0 amide bonds. The van der Waals surface area contributed by atoms with Gasteiger partial charge >= 0.3 is 10.3 Å². The van der Waals surface area contributed by atoms with Gasteiger partial charge in [0.2, 0.25) is 0 Å². The number of aromatic nitrogens is 1. The van der Waals surface area contributed by atoms with Crippen LogP contribution in [0.5, 0.6) is 0 Å². The van der Waals surface area contributed by atoms with Crippen LogP contribution in [0.25, 0.3) is 0 Å². The Morgan fingerprint density at radius 3 is 2.55 bits per heavy atom. The van der Waals surface area contributed by atoms with Crippen LogP contribution in [-0.4, -0.2) is 18.0 Å². The van der Waals surface area contributed by atoms with Gasteiger partial charge in [0.1, 0.15) is 0 Å². The average Bonchev–Trinajstić information content (AvgIpc) is 2.90. The fraction of sp³-hybridized carbons (Fsp3) is 0.308. The lowest BCUT2D eigenvalue weighted by Crippen LogP contribution is -2.10. The largest absolute Gasteiger partial charge is 0.357 e. The fourth-order valence-electron chi connectivity index (χ4n) is 1.98. The monoisotopic (exact) mass is 312 g/mol. The first-order valence-electron chi connectivity index (χ1n) is 6.21. The molecule has 0 bridgehead atoms. The van der Waals surface area contributed by atoms with Crippen molar-refractivity contribution in [1.82, 2.24) is 4.98 Å². The highest BCUT2D eigenvalue weighted by molar-refractivity contribution is 7.87. The van der Waals surface area contributed by atoms with E-state index in [1.807, 2.05) is 28.4 Å². The Bertz CT molecular complexity index is 637. The minimum Gasteiger partial charge on any atom is -0.269 e. The highest BCUT2D eigenvalue weighted by Gasteiger charge is 2.13. The zero-order chi connectivity index (χ0) is 14.6. The molecule has 2 aromatic rings. The van der Waals surface area contributed by atoms with Crippen molar-refractivity contribution in [1.29, 1.82) is 0 Å². The summed E-state index contributed by atoms with van der Waals surface area (Å²) >= 11 is 1.65. The zero-order valence-corrected chi connectivity index (χ0v) is 12.6. The topological polar surface area (TPSA) is 79.3 Å². The average molecular weight is 312 g/mol. The molecule has 1 aromatic heterocycles. The summed E-state index contributed by atoms with van der Waals surface area (Å²) in [6.07, 6.45) is 3.66. The third kappa shape index (κ3) is 4.29. The molecule has 1 atom stereocenters. The van der Waals surface area contributed by atoms with Gasteiger partial charge in [0.15, 0.2) is 0 Å². The molecule has 7 heteroatoms. The number of hydrogen-bond donors (Lipinski definition) is 2. The minimum atomic E-state index is -4.21. The van der Waals surface area contributed by atoms with Crippen molar-refractivity contribution >= 4 is 27.3 Å². The summed E-state index contributed by atoms with van der Waals surface area (Å²) in [6, 6.07) is 6.98. The summed E-state index contributed by atoms with van der Waals surface area (Å²) in [5.74, 6) is 0.371. The molecular weight excluding hydrogens is 296 g/mol. The van der Waals surface area contributed by atoms with Crippen molar-refractivity contribution in [2.24, 2.45) is 0 Å². The van der Waals surface area contributed by atoms with Gasteiger partial charge in [-0.2, -0.15) is 8.42 Å². The van der Waals surface area contributed by atoms with Crippen LogP contribution in [0.2, 0.25) is 0 Å². The van der Waals surface area contributed by atoms with E-state index >= 15 is 0 Å². The van der Waals surface area contributed by atoms with Crippen LogP contribution in [0, 0.1) is 0 Å². The van der Waals surface area contributed by atoms with Crippen molar-refractivity contribution < 1.29 is 13.0 Å². The highest BCUT2D eigenvalue weighted by Crippen LogP contribution is 2.26. The molecule has 0 aliphatic rings. The Kier molecular flexibility index (Phi) is 4.74. The van der Waals surface area contributed by atoms with Crippen LogP contribution in [0.15, 0.2) is 35.8 Å². The third-order valence-corrected chi connectivity index (χ3v) is 4.41. The molecule has 108 valence electrons. The second-order valence-electron chi connectivity index (χ2n) is 4.45. The molecule has 0 fully saturated rings. The molecule has 20 heavy (non-hydrogen) atoms. The molecule has 1 unspecified atom stereocenters. The quantitative estimate of drug-likeness (QED) is 0.803. The van der Waals surface area contributed by atoms with E-state index in [0.717, 1.165) is 23.4 Å². The number of nitrogens with zero attached hydrogens (tertiary/aromatic N) is 1. The number of anilines is 1. The van der Waals surface area contributed by atoms with Crippen molar-refractivity contribution in [3.8, 4) is 0 Å². The molecular formula is C13H16N2O3S2. The van der Waals surface area contributed by atoms with Crippen molar-refractivity contribution in [3.63, 3.8) is 0 Å². The van der Waals surface area contributed by atoms with Crippen molar-refractivity contribution in [2.75, 3.05) is 4.72 Å². The minimum absolute atomic E-state index is 0.346. The van der Waals surface area contributed by atoms with Gasteiger partial charge in [-0.3, -0.25) is 9.27 Å². The van der Waals surface area contributed by atoms with Crippen LogP contribution in [0.4, 0.5) is 5.69 Å². The van der Waals surface area contributed by atoms with Crippen LogP contribution in [0.3, 0.4) is 0 Å². The van der Waals surface area contributed by atoms with Crippen LogP contribution in [0.1, 0.15) is 29.8 Å². The van der Waals surface area contributed by atoms with Gasteiger partial charge < -0.3 is 0 Å². The number of thiazole rings is 1. The maximum atomic E-state index is 10.7. The Morgan fingerprint density at radius 2 is 2.05 bits per heavy atom. The van der Waals surface area contributed by atoms with E-state index in [4.69, 9.17) is 4.55 Å². The summed E-state index contributed by atoms with van der Waals surface area (Å²) in [4.78, 5) is 4.34. The van der Waals surface area contributed by atoms with Crippen molar-refractivity contribution in [3.05, 3.63) is 46.4 Å². The lowest BCUT2D eigenvalue weighted by Gasteiger charge is -2.12. The Morgan fingerprint density at radius 1 is 1.35 bits per heavy atom. The lowest BCUT2D eigenvalue weighted by atomic mass is 9.97. The number of rotatable bonds is 6. The van der Waals surface area contributed by atoms with Gasteiger partial charge in [0, 0.05) is 17.5 Å². The SMILES string of the molecule is CCC(Cc1ccc(NS(=O)(=O)O)cc1)c1nccs1. The lowest BCUT2D eigenvalue weighted by molar-refractivity contribution is 0.489. The molecule has 2 N–H and O–H groups in total. The van der Waals surface area contributed by atoms with Crippen LogP contribution < -0.4 is 4.72 Å². The first-order chi connectivity index (χ1) is 9.48. The van der Waals surface area contributed by atoms with Gasteiger partial charge in [-0.1, -0.05) is 19.1 Å². The summed E-state index contributed by atoms with van der Waals surface area (Å²) in [6.45, 7) is 2.13. The smallest absolute Gasteiger partial charge is 0.269 e. The fourth-order valence-corrected chi connectivity index (χ4v) is 3.24. The molecule has 0 aliphatic carbocycles. The molecule has 1 heterocycles. The van der Waals surface area contributed by atoms with Gasteiger partial charge in [0.05, 0.1) is 10.7 Å². The van der Waals surface area contributed by atoms with Crippen LogP contribution >= 0.6 is 11.3 Å². The van der Waals surface area contributed by atoms with E-state index in [0.29, 0.717) is 11.6 Å². The molecule has 1 aromatic carbocycles. The first kappa shape index (κ1) is 15.0. The number of benzene rings is 1. The second kappa shape index (κ2) is 6.34. The normalized spacial score (nSPS) is 13.1. The first-order valence-corrected chi connectivity index (χ1v) is 8.53. The second-order valence-corrected chi connectivity index (χ2v) is 6.53. The number of hydrogen-bond acceptors (Lipinski definition) is 4. The van der Waals surface area contributed by atoms with E-state index in [1.54, 1.807) is 23.5 Å². The van der Waals surface area contributed by atoms with Crippen LogP contribution in [-0.2, 0) is 16.7 Å².